The predicted octanol–water partition coefficient (Wildman–Crippen LogP) is 3.50. The molecule has 0 bridgehead atoms. The molecule has 26 heavy (non-hydrogen) atoms. The molecule has 0 unspecified atom stereocenters. The summed E-state index contributed by atoms with van der Waals surface area (Å²) in [4.78, 5) is 28.0. The van der Waals surface area contributed by atoms with Gasteiger partial charge in [0.15, 0.2) is 0 Å². The fourth-order valence-corrected chi connectivity index (χ4v) is 3.73. The zero-order valence-corrected chi connectivity index (χ0v) is 16.4. The summed E-state index contributed by atoms with van der Waals surface area (Å²) in [7, 11) is 2.06. The standard InChI is InChI=1S/C21H32N2O3/c1-21(2,3)20(26)23-13-11-16(14-19(24)25)17(15-23)10-12-22(4)18-8-6-5-7-9-18/h5-9,16-17H,10-15H2,1-4H3,(H,24,25)/t16-,17-/m0/s1. The van der Waals surface area contributed by atoms with Crippen molar-refractivity contribution >= 4 is 17.6 Å². The van der Waals surface area contributed by atoms with Gasteiger partial charge in [0, 0.05) is 44.2 Å². The van der Waals surface area contributed by atoms with Crippen molar-refractivity contribution in [3.8, 4) is 0 Å². The van der Waals surface area contributed by atoms with E-state index < -0.39 is 11.4 Å². The van der Waals surface area contributed by atoms with Gasteiger partial charge in [-0.2, -0.15) is 0 Å². The maximum absolute atomic E-state index is 12.7. The van der Waals surface area contributed by atoms with E-state index in [9.17, 15) is 14.7 Å². The predicted molar refractivity (Wildman–Crippen MR) is 104 cm³/mol. The summed E-state index contributed by atoms with van der Waals surface area (Å²) in [6.07, 6.45) is 1.85. The Hall–Kier alpha value is -2.04. The highest BCUT2D eigenvalue weighted by Crippen LogP contribution is 2.32. The Morgan fingerprint density at radius 1 is 1.19 bits per heavy atom. The number of para-hydroxylation sites is 1. The molecular weight excluding hydrogens is 328 g/mol. The monoisotopic (exact) mass is 360 g/mol. The van der Waals surface area contributed by atoms with Gasteiger partial charge in [0.25, 0.3) is 0 Å². The second kappa shape index (κ2) is 8.56. The Morgan fingerprint density at radius 3 is 2.42 bits per heavy atom. The van der Waals surface area contributed by atoms with E-state index in [0.29, 0.717) is 13.1 Å². The van der Waals surface area contributed by atoms with Crippen molar-refractivity contribution in [1.82, 2.24) is 4.90 Å². The summed E-state index contributed by atoms with van der Waals surface area (Å²) in [5, 5.41) is 9.25. The van der Waals surface area contributed by atoms with Crippen LogP contribution in [0.15, 0.2) is 30.3 Å². The van der Waals surface area contributed by atoms with Crippen LogP contribution >= 0.6 is 0 Å². The molecule has 2 atom stereocenters. The number of anilines is 1. The van der Waals surface area contributed by atoms with E-state index in [-0.39, 0.29) is 24.2 Å². The number of carboxylic acid groups (broad SMARTS) is 1. The van der Waals surface area contributed by atoms with Crippen molar-refractivity contribution < 1.29 is 14.7 Å². The van der Waals surface area contributed by atoms with Crippen LogP contribution in [0.2, 0.25) is 0 Å². The quantitative estimate of drug-likeness (QED) is 0.843. The lowest BCUT2D eigenvalue weighted by Crippen LogP contribution is -2.48. The second-order valence-electron chi connectivity index (χ2n) is 8.45. The molecule has 0 aromatic heterocycles. The van der Waals surface area contributed by atoms with Crippen molar-refractivity contribution in [2.75, 3.05) is 31.6 Å². The molecule has 5 nitrogen and oxygen atoms in total. The van der Waals surface area contributed by atoms with E-state index in [4.69, 9.17) is 0 Å². The molecule has 1 aliphatic rings. The number of nitrogens with zero attached hydrogens (tertiary/aromatic N) is 2. The Kier molecular flexibility index (Phi) is 6.68. The highest BCUT2D eigenvalue weighted by molar-refractivity contribution is 5.81. The van der Waals surface area contributed by atoms with Gasteiger partial charge >= 0.3 is 5.97 Å². The van der Waals surface area contributed by atoms with E-state index in [0.717, 1.165) is 25.1 Å². The molecule has 1 amide bonds. The fraction of sp³-hybridized carbons (Fsp3) is 0.619. The highest BCUT2D eigenvalue weighted by Gasteiger charge is 2.36. The van der Waals surface area contributed by atoms with Crippen LogP contribution in [0.25, 0.3) is 0 Å². The topological polar surface area (TPSA) is 60.9 Å². The van der Waals surface area contributed by atoms with Gasteiger partial charge in [-0.05, 0) is 36.8 Å². The second-order valence-corrected chi connectivity index (χ2v) is 8.45. The lowest BCUT2D eigenvalue weighted by atomic mass is 9.80. The van der Waals surface area contributed by atoms with Gasteiger partial charge in [-0.1, -0.05) is 39.0 Å². The minimum absolute atomic E-state index is 0.140. The summed E-state index contributed by atoms with van der Waals surface area (Å²) in [6.45, 7) is 8.00. The Labute approximate surface area is 157 Å². The first-order valence-corrected chi connectivity index (χ1v) is 9.46. The van der Waals surface area contributed by atoms with Crippen molar-refractivity contribution in [1.29, 1.82) is 0 Å². The summed E-state index contributed by atoms with van der Waals surface area (Å²) in [5.74, 6) is -0.224. The smallest absolute Gasteiger partial charge is 0.303 e. The first kappa shape index (κ1) is 20.3. The largest absolute Gasteiger partial charge is 0.481 e. The number of likely N-dealkylation sites (tertiary alicyclic amines) is 1. The van der Waals surface area contributed by atoms with Gasteiger partial charge in [0.2, 0.25) is 5.91 Å². The lowest BCUT2D eigenvalue weighted by molar-refractivity contribution is -0.143. The van der Waals surface area contributed by atoms with Crippen LogP contribution in [0, 0.1) is 17.3 Å². The number of amides is 1. The van der Waals surface area contributed by atoms with Crippen molar-refractivity contribution in [3.63, 3.8) is 0 Å². The van der Waals surface area contributed by atoms with E-state index >= 15 is 0 Å². The van der Waals surface area contributed by atoms with Crippen molar-refractivity contribution in [2.45, 2.75) is 40.0 Å². The van der Waals surface area contributed by atoms with Crippen LogP contribution in [0.1, 0.15) is 40.0 Å². The molecule has 0 aliphatic carbocycles. The van der Waals surface area contributed by atoms with E-state index in [1.807, 2.05) is 43.9 Å². The van der Waals surface area contributed by atoms with Gasteiger partial charge in [-0.3, -0.25) is 9.59 Å². The molecule has 144 valence electrons. The molecule has 0 spiro atoms. The summed E-state index contributed by atoms with van der Waals surface area (Å²) >= 11 is 0. The average Bonchev–Trinajstić information content (AvgIpc) is 2.59. The number of carbonyl (C=O) groups is 2. The molecule has 1 N–H and O–H groups in total. The number of hydrogen-bond donors (Lipinski definition) is 1. The SMILES string of the molecule is CN(CC[C@H]1CN(C(=O)C(C)(C)C)CC[C@H]1CC(=O)O)c1ccccc1. The number of hydrogen-bond acceptors (Lipinski definition) is 3. The molecule has 1 aromatic rings. The Morgan fingerprint density at radius 2 is 1.85 bits per heavy atom. The van der Waals surface area contributed by atoms with Crippen molar-refractivity contribution in [3.05, 3.63) is 30.3 Å². The minimum atomic E-state index is -0.744. The Balaban J connectivity index is 2.03. The zero-order valence-electron chi connectivity index (χ0n) is 16.4. The van der Waals surface area contributed by atoms with Gasteiger partial charge in [0.05, 0.1) is 0 Å². The molecule has 1 aromatic carbocycles. The van der Waals surface area contributed by atoms with E-state index in [1.165, 1.54) is 0 Å². The number of rotatable bonds is 6. The van der Waals surface area contributed by atoms with Gasteiger partial charge < -0.3 is 14.9 Å². The molecule has 0 radical (unpaired) electrons. The molecular formula is C21H32N2O3. The average molecular weight is 360 g/mol. The molecule has 1 saturated heterocycles. The van der Waals surface area contributed by atoms with Gasteiger partial charge in [-0.15, -0.1) is 0 Å². The maximum atomic E-state index is 12.7. The molecule has 1 heterocycles. The van der Waals surface area contributed by atoms with Crippen LogP contribution < -0.4 is 4.90 Å². The van der Waals surface area contributed by atoms with E-state index in [2.05, 4.69) is 24.1 Å². The normalized spacial score (nSPS) is 20.7. The van der Waals surface area contributed by atoms with Crippen LogP contribution in [0.4, 0.5) is 5.69 Å². The summed E-state index contributed by atoms with van der Waals surface area (Å²) < 4.78 is 0. The third-order valence-corrected chi connectivity index (χ3v) is 5.29. The van der Waals surface area contributed by atoms with E-state index in [1.54, 1.807) is 0 Å². The third kappa shape index (κ3) is 5.48. The lowest BCUT2D eigenvalue weighted by Gasteiger charge is -2.41. The molecule has 1 aliphatic heterocycles. The van der Waals surface area contributed by atoms with Crippen LogP contribution in [0.3, 0.4) is 0 Å². The number of piperidine rings is 1. The minimum Gasteiger partial charge on any atom is -0.481 e. The molecule has 5 heteroatoms. The third-order valence-electron chi connectivity index (χ3n) is 5.29. The molecule has 2 rings (SSSR count). The van der Waals surface area contributed by atoms with Crippen LogP contribution in [0.5, 0.6) is 0 Å². The van der Waals surface area contributed by atoms with Crippen molar-refractivity contribution in [2.24, 2.45) is 17.3 Å². The first-order chi connectivity index (χ1) is 12.2. The number of carbonyl (C=O) groups excluding carboxylic acids is 1. The first-order valence-electron chi connectivity index (χ1n) is 9.46. The highest BCUT2D eigenvalue weighted by atomic mass is 16.4. The zero-order chi connectivity index (χ0) is 19.3. The maximum Gasteiger partial charge on any atom is 0.303 e. The summed E-state index contributed by atoms with van der Waals surface area (Å²) in [5.41, 5.74) is 0.756. The van der Waals surface area contributed by atoms with Gasteiger partial charge in [-0.25, -0.2) is 0 Å². The molecule has 0 saturated carbocycles. The van der Waals surface area contributed by atoms with Gasteiger partial charge in [0.1, 0.15) is 0 Å². The van der Waals surface area contributed by atoms with Crippen LogP contribution in [-0.4, -0.2) is 48.6 Å². The molecule has 1 fully saturated rings. The van der Waals surface area contributed by atoms with Crippen LogP contribution in [-0.2, 0) is 9.59 Å². The summed E-state index contributed by atoms with van der Waals surface area (Å²) in [6, 6.07) is 10.2. The number of benzene rings is 1. The number of carboxylic acids is 1. The fourth-order valence-electron chi connectivity index (χ4n) is 3.73. The Bertz CT molecular complexity index is 609. The number of aliphatic carboxylic acids is 1.